The molecule has 3 N–H and O–H groups in total. The monoisotopic (exact) mass is 439 g/mol. The number of anilines is 1. The van der Waals surface area contributed by atoms with Crippen LogP contribution in [0, 0.1) is 0 Å². The van der Waals surface area contributed by atoms with Crippen LogP contribution < -0.4 is 10.5 Å². The van der Waals surface area contributed by atoms with Gasteiger partial charge < -0.3 is 15.6 Å². The predicted octanol–water partition coefficient (Wildman–Crippen LogP) is 6.00. The molecule has 0 saturated carbocycles. The molecule has 0 unspecified atom stereocenters. The van der Waals surface area contributed by atoms with Crippen molar-refractivity contribution in [1.29, 1.82) is 0 Å². The summed E-state index contributed by atoms with van der Waals surface area (Å²) in [7, 11) is 0. The van der Waals surface area contributed by atoms with Gasteiger partial charge in [-0.3, -0.25) is 9.59 Å². The lowest BCUT2D eigenvalue weighted by Crippen LogP contribution is -2.04. The number of aliphatic carboxylic acids is 1. The number of para-hydroxylation sites is 2. The number of ketones is 1. The SMILES string of the molecule is Nc1ccccc1C(=O)c1ccccc1.O=C(O)CCc1ccc(Oc2ccccc2)cc1. The maximum absolute atomic E-state index is 12.0. The first-order chi connectivity index (χ1) is 16.0. The molecule has 5 nitrogen and oxygen atoms in total. The molecule has 0 aromatic heterocycles. The van der Waals surface area contributed by atoms with Crippen LogP contribution in [-0.4, -0.2) is 16.9 Å². The van der Waals surface area contributed by atoms with E-state index >= 15 is 0 Å². The summed E-state index contributed by atoms with van der Waals surface area (Å²) in [6.45, 7) is 0. The van der Waals surface area contributed by atoms with Crippen molar-refractivity contribution in [3.05, 3.63) is 126 Å². The van der Waals surface area contributed by atoms with Gasteiger partial charge in [-0.1, -0.05) is 72.8 Å². The number of carboxylic acid groups (broad SMARTS) is 1. The Hall–Kier alpha value is -4.38. The van der Waals surface area contributed by atoms with Crippen molar-refractivity contribution < 1.29 is 19.4 Å². The summed E-state index contributed by atoms with van der Waals surface area (Å²) in [5.74, 6) is 0.726. The first-order valence-corrected chi connectivity index (χ1v) is 10.5. The van der Waals surface area contributed by atoms with Crippen molar-refractivity contribution in [2.75, 3.05) is 5.73 Å². The van der Waals surface area contributed by atoms with Crippen molar-refractivity contribution in [3.8, 4) is 11.5 Å². The summed E-state index contributed by atoms with van der Waals surface area (Å²) in [5, 5.41) is 8.60. The molecule has 0 amide bonds. The Labute approximate surface area is 193 Å². The fourth-order valence-corrected chi connectivity index (χ4v) is 3.05. The van der Waals surface area contributed by atoms with Crippen molar-refractivity contribution >= 4 is 17.4 Å². The molecule has 4 aromatic carbocycles. The minimum atomic E-state index is -0.778. The zero-order chi connectivity index (χ0) is 23.5. The first-order valence-electron chi connectivity index (χ1n) is 10.5. The van der Waals surface area contributed by atoms with Crippen LogP contribution in [0.15, 0.2) is 109 Å². The van der Waals surface area contributed by atoms with E-state index in [1.54, 1.807) is 24.3 Å². The molecule has 0 radical (unpaired) electrons. The van der Waals surface area contributed by atoms with Gasteiger partial charge in [-0.25, -0.2) is 0 Å². The molecule has 0 aliphatic heterocycles. The number of hydrogen-bond acceptors (Lipinski definition) is 4. The molecular formula is C28H25NO4. The Kier molecular flexibility index (Phi) is 8.37. The highest BCUT2D eigenvalue weighted by Gasteiger charge is 2.10. The molecule has 0 spiro atoms. The third-order valence-corrected chi connectivity index (χ3v) is 4.77. The second-order valence-electron chi connectivity index (χ2n) is 7.24. The smallest absolute Gasteiger partial charge is 0.303 e. The van der Waals surface area contributed by atoms with E-state index in [0.717, 1.165) is 17.1 Å². The van der Waals surface area contributed by atoms with Gasteiger partial charge in [0.05, 0.1) is 0 Å². The van der Waals surface area contributed by atoms with Gasteiger partial charge in [0.15, 0.2) is 5.78 Å². The molecule has 0 aliphatic carbocycles. The van der Waals surface area contributed by atoms with Crippen LogP contribution in [0.1, 0.15) is 27.9 Å². The number of aryl methyl sites for hydroxylation is 1. The molecule has 0 aliphatic rings. The van der Waals surface area contributed by atoms with Gasteiger partial charge in [-0.2, -0.15) is 0 Å². The largest absolute Gasteiger partial charge is 0.481 e. The predicted molar refractivity (Wildman–Crippen MR) is 130 cm³/mol. The zero-order valence-corrected chi connectivity index (χ0v) is 18.1. The Morgan fingerprint density at radius 1 is 0.697 bits per heavy atom. The number of nitrogens with two attached hydrogens (primary N) is 1. The fraction of sp³-hybridized carbons (Fsp3) is 0.0714. The van der Waals surface area contributed by atoms with E-state index in [0.29, 0.717) is 23.2 Å². The number of carboxylic acids is 1. The second kappa shape index (κ2) is 11.9. The molecule has 166 valence electrons. The average Bonchev–Trinajstić information content (AvgIpc) is 2.85. The van der Waals surface area contributed by atoms with Gasteiger partial charge in [-0.15, -0.1) is 0 Å². The summed E-state index contributed by atoms with van der Waals surface area (Å²) in [5.41, 5.74) is 8.48. The summed E-state index contributed by atoms with van der Waals surface area (Å²) < 4.78 is 5.64. The summed E-state index contributed by atoms with van der Waals surface area (Å²) in [4.78, 5) is 22.4. The van der Waals surface area contributed by atoms with E-state index in [4.69, 9.17) is 15.6 Å². The van der Waals surface area contributed by atoms with E-state index in [1.165, 1.54) is 0 Å². The van der Waals surface area contributed by atoms with Crippen LogP contribution in [0.4, 0.5) is 5.69 Å². The van der Waals surface area contributed by atoms with Crippen LogP contribution >= 0.6 is 0 Å². The van der Waals surface area contributed by atoms with Crippen LogP contribution in [0.3, 0.4) is 0 Å². The van der Waals surface area contributed by atoms with Crippen molar-refractivity contribution in [1.82, 2.24) is 0 Å². The van der Waals surface area contributed by atoms with Gasteiger partial charge >= 0.3 is 5.97 Å². The molecule has 5 heteroatoms. The van der Waals surface area contributed by atoms with Crippen LogP contribution in [0.25, 0.3) is 0 Å². The fourth-order valence-electron chi connectivity index (χ4n) is 3.05. The van der Waals surface area contributed by atoms with Gasteiger partial charge in [0, 0.05) is 23.2 Å². The maximum atomic E-state index is 12.0. The molecule has 0 saturated heterocycles. The number of hydrogen-bond donors (Lipinski definition) is 2. The lowest BCUT2D eigenvalue weighted by atomic mass is 10.0. The highest BCUT2D eigenvalue weighted by Crippen LogP contribution is 2.21. The number of ether oxygens (including phenoxy) is 1. The van der Waals surface area contributed by atoms with E-state index < -0.39 is 5.97 Å². The summed E-state index contributed by atoms with van der Waals surface area (Å²) in [6.07, 6.45) is 0.694. The third-order valence-electron chi connectivity index (χ3n) is 4.77. The van der Waals surface area contributed by atoms with E-state index in [-0.39, 0.29) is 12.2 Å². The third kappa shape index (κ3) is 7.36. The molecule has 0 atom stereocenters. The lowest BCUT2D eigenvalue weighted by Gasteiger charge is -2.06. The molecule has 4 rings (SSSR count). The minimum absolute atomic E-state index is 0.0336. The van der Waals surface area contributed by atoms with E-state index in [2.05, 4.69) is 0 Å². The maximum Gasteiger partial charge on any atom is 0.303 e. The van der Waals surface area contributed by atoms with Crippen molar-refractivity contribution in [2.24, 2.45) is 0 Å². The van der Waals surface area contributed by atoms with Gasteiger partial charge in [0.25, 0.3) is 0 Å². The normalized spacial score (nSPS) is 9.94. The van der Waals surface area contributed by atoms with Crippen molar-refractivity contribution in [3.63, 3.8) is 0 Å². The number of carbonyl (C=O) groups excluding carboxylic acids is 1. The lowest BCUT2D eigenvalue weighted by molar-refractivity contribution is -0.136. The van der Waals surface area contributed by atoms with Crippen molar-refractivity contribution in [2.45, 2.75) is 12.8 Å². The zero-order valence-electron chi connectivity index (χ0n) is 18.1. The second-order valence-corrected chi connectivity index (χ2v) is 7.24. The Morgan fingerprint density at radius 2 is 1.24 bits per heavy atom. The van der Waals surface area contributed by atoms with Crippen LogP contribution in [0.5, 0.6) is 11.5 Å². The number of rotatable bonds is 7. The summed E-state index contributed by atoms with van der Waals surface area (Å²) in [6, 6.07) is 33.3. The Morgan fingerprint density at radius 3 is 1.85 bits per heavy atom. The molecule has 0 heterocycles. The van der Waals surface area contributed by atoms with Gasteiger partial charge in [0.1, 0.15) is 11.5 Å². The van der Waals surface area contributed by atoms with Crippen LogP contribution in [0.2, 0.25) is 0 Å². The number of carbonyl (C=O) groups is 2. The van der Waals surface area contributed by atoms with E-state index in [9.17, 15) is 9.59 Å². The average molecular weight is 440 g/mol. The van der Waals surface area contributed by atoms with Crippen LogP contribution in [-0.2, 0) is 11.2 Å². The van der Waals surface area contributed by atoms with Gasteiger partial charge in [0.2, 0.25) is 0 Å². The molecule has 0 bridgehead atoms. The standard InChI is InChI=1S/C15H14O3.C13H11NO/c16-15(17)11-8-12-6-9-14(10-7-12)18-13-4-2-1-3-5-13;14-12-9-5-4-8-11(12)13(15)10-6-2-1-3-7-10/h1-7,9-10H,8,11H2,(H,16,17);1-9H,14H2. The molecule has 0 fully saturated rings. The number of nitrogen functional groups attached to an aromatic ring is 1. The quantitative estimate of drug-likeness (QED) is 0.272. The highest BCUT2D eigenvalue weighted by molar-refractivity contribution is 6.11. The van der Waals surface area contributed by atoms with E-state index in [1.807, 2.05) is 84.9 Å². The molecule has 4 aromatic rings. The minimum Gasteiger partial charge on any atom is -0.481 e. The molecule has 33 heavy (non-hydrogen) atoms. The molecular weight excluding hydrogens is 414 g/mol. The number of benzene rings is 4. The first kappa shape index (κ1) is 23.3. The topological polar surface area (TPSA) is 89.6 Å². The summed E-state index contributed by atoms with van der Waals surface area (Å²) >= 11 is 0. The highest BCUT2D eigenvalue weighted by atomic mass is 16.5. The Bertz CT molecular complexity index is 1170. The van der Waals surface area contributed by atoms with Gasteiger partial charge in [-0.05, 0) is 48.4 Å². The Balaban J connectivity index is 0.000000189.